The van der Waals surface area contributed by atoms with Crippen LogP contribution in [-0.4, -0.2) is 29.2 Å². The topological polar surface area (TPSA) is 61.4 Å². The molecule has 0 aliphatic carbocycles. The Morgan fingerprint density at radius 1 is 1.29 bits per heavy atom. The van der Waals surface area contributed by atoms with Crippen molar-refractivity contribution in [2.24, 2.45) is 0 Å². The SMILES string of the molecule is CCC(O)(CC)CNC(C)CC(=O)Nc1ccc(F)cc1. The minimum Gasteiger partial charge on any atom is -0.389 e. The van der Waals surface area contributed by atoms with Crippen LogP contribution < -0.4 is 10.6 Å². The molecule has 5 heteroatoms. The molecule has 0 aromatic heterocycles. The number of hydrogen-bond acceptors (Lipinski definition) is 3. The van der Waals surface area contributed by atoms with Crippen molar-refractivity contribution in [2.45, 2.75) is 51.7 Å². The predicted molar refractivity (Wildman–Crippen MR) is 82.6 cm³/mol. The average Bonchev–Trinajstić information content (AvgIpc) is 2.47. The molecule has 0 aliphatic heterocycles. The molecule has 0 spiro atoms. The Morgan fingerprint density at radius 3 is 2.38 bits per heavy atom. The third kappa shape index (κ3) is 6.23. The maximum absolute atomic E-state index is 12.8. The summed E-state index contributed by atoms with van der Waals surface area (Å²) in [5, 5.41) is 16.1. The Kier molecular flexibility index (Phi) is 6.78. The molecular formula is C16H25FN2O2. The first-order chi connectivity index (χ1) is 9.88. The molecule has 0 saturated carbocycles. The number of hydrogen-bond donors (Lipinski definition) is 3. The van der Waals surface area contributed by atoms with E-state index >= 15 is 0 Å². The highest BCUT2D eigenvalue weighted by Gasteiger charge is 2.22. The summed E-state index contributed by atoms with van der Waals surface area (Å²) in [6.45, 7) is 6.25. The molecule has 118 valence electrons. The third-order valence-corrected chi connectivity index (χ3v) is 3.72. The van der Waals surface area contributed by atoms with Gasteiger partial charge in [-0.2, -0.15) is 0 Å². The average molecular weight is 296 g/mol. The van der Waals surface area contributed by atoms with Gasteiger partial charge in [-0.25, -0.2) is 4.39 Å². The second kappa shape index (κ2) is 8.10. The van der Waals surface area contributed by atoms with Gasteiger partial charge in [0, 0.05) is 24.7 Å². The summed E-state index contributed by atoms with van der Waals surface area (Å²) in [6, 6.07) is 5.62. The van der Waals surface area contributed by atoms with Gasteiger partial charge in [-0.15, -0.1) is 0 Å². The maximum atomic E-state index is 12.8. The van der Waals surface area contributed by atoms with Crippen molar-refractivity contribution in [3.63, 3.8) is 0 Å². The van der Waals surface area contributed by atoms with Gasteiger partial charge in [0.2, 0.25) is 5.91 Å². The van der Waals surface area contributed by atoms with E-state index in [1.165, 1.54) is 24.3 Å². The van der Waals surface area contributed by atoms with Gasteiger partial charge in [0.1, 0.15) is 5.82 Å². The van der Waals surface area contributed by atoms with Crippen LogP contribution in [0.5, 0.6) is 0 Å². The smallest absolute Gasteiger partial charge is 0.225 e. The molecule has 1 unspecified atom stereocenters. The zero-order chi connectivity index (χ0) is 15.9. The van der Waals surface area contributed by atoms with Crippen molar-refractivity contribution in [3.8, 4) is 0 Å². The van der Waals surface area contributed by atoms with Crippen LogP contribution in [-0.2, 0) is 4.79 Å². The van der Waals surface area contributed by atoms with Crippen LogP contribution in [0.15, 0.2) is 24.3 Å². The monoisotopic (exact) mass is 296 g/mol. The Labute approximate surface area is 125 Å². The van der Waals surface area contributed by atoms with Crippen molar-refractivity contribution in [2.75, 3.05) is 11.9 Å². The van der Waals surface area contributed by atoms with Crippen molar-refractivity contribution in [1.29, 1.82) is 0 Å². The summed E-state index contributed by atoms with van der Waals surface area (Å²) in [5.74, 6) is -0.473. The van der Waals surface area contributed by atoms with Gasteiger partial charge in [-0.3, -0.25) is 4.79 Å². The van der Waals surface area contributed by atoms with E-state index in [4.69, 9.17) is 0 Å². The van der Waals surface area contributed by atoms with Gasteiger partial charge < -0.3 is 15.7 Å². The van der Waals surface area contributed by atoms with Crippen LogP contribution in [0.4, 0.5) is 10.1 Å². The first kappa shape index (κ1) is 17.6. The van der Waals surface area contributed by atoms with Gasteiger partial charge in [-0.05, 0) is 44.0 Å². The lowest BCUT2D eigenvalue weighted by atomic mass is 9.97. The molecule has 0 heterocycles. The van der Waals surface area contributed by atoms with Crippen LogP contribution in [0, 0.1) is 5.82 Å². The number of benzene rings is 1. The summed E-state index contributed by atoms with van der Waals surface area (Å²) in [4.78, 5) is 11.9. The van der Waals surface area contributed by atoms with E-state index < -0.39 is 5.60 Å². The highest BCUT2D eigenvalue weighted by molar-refractivity contribution is 5.91. The summed E-state index contributed by atoms with van der Waals surface area (Å²) in [5.41, 5.74) is -0.144. The van der Waals surface area contributed by atoms with E-state index in [1.54, 1.807) is 0 Å². The summed E-state index contributed by atoms with van der Waals surface area (Å²) >= 11 is 0. The number of anilines is 1. The number of aliphatic hydroxyl groups is 1. The number of halogens is 1. The molecule has 1 rings (SSSR count). The van der Waals surface area contributed by atoms with Gasteiger partial charge in [0.15, 0.2) is 0 Å². The van der Waals surface area contributed by atoms with Crippen LogP contribution in [0.25, 0.3) is 0 Å². The van der Waals surface area contributed by atoms with Gasteiger partial charge in [0.25, 0.3) is 0 Å². The fraction of sp³-hybridized carbons (Fsp3) is 0.562. The summed E-state index contributed by atoms with van der Waals surface area (Å²) in [7, 11) is 0. The molecule has 1 aromatic carbocycles. The Morgan fingerprint density at radius 2 is 1.86 bits per heavy atom. The number of nitrogens with one attached hydrogen (secondary N) is 2. The second-order valence-corrected chi connectivity index (χ2v) is 5.47. The number of amides is 1. The summed E-state index contributed by atoms with van der Waals surface area (Å²) in [6.07, 6.45) is 1.64. The van der Waals surface area contributed by atoms with E-state index in [9.17, 15) is 14.3 Å². The van der Waals surface area contributed by atoms with E-state index in [0.29, 0.717) is 31.5 Å². The Hall–Kier alpha value is -1.46. The highest BCUT2D eigenvalue weighted by atomic mass is 19.1. The largest absolute Gasteiger partial charge is 0.389 e. The molecule has 21 heavy (non-hydrogen) atoms. The van der Waals surface area contributed by atoms with Crippen LogP contribution >= 0.6 is 0 Å². The lowest BCUT2D eigenvalue weighted by molar-refractivity contribution is -0.116. The Balaban J connectivity index is 2.38. The van der Waals surface area contributed by atoms with Crippen LogP contribution in [0.3, 0.4) is 0 Å². The number of rotatable bonds is 8. The van der Waals surface area contributed by atoms with Gasteiger partial charge in [-0.1, -0.05) is 13.8 Å². The Bertz CT molecular complexity index is 444. The molecule has 1 aromatic rings. The minimum atomic E-state index is -0.721. The molecule has 0 saturated heterocycles. The zero-order valence-electron chi connectivity index (χ0n) is 12.9. The normalized spacial score (nSPS) is 13.0. The van der Waals surface area contributed by atoms with Crippen molar-refractivity contribution in [3.05, 3.63) is 30.1 Å². The number of carbonyl (C=O) groups is 1. The molecule has 0 fully saturated rings. The van der Waals surface area contributed by atoms with E-state index in [0.717, 1.165) is 0 Å². The first-order valence-corrected chi connectivity index (χ1v) is 7.39. The zero-order valence-corrected chi connectivity index (χ0v) is 12.9. The quantitative estimate of drug-likeness (QED) is 0.691. The molecule has 4 nitrogen and oxygen atoms in total. The minimum absolute atomic E-state index is 0.0462. The van der Waals surface area contributed by atoms with Crippen molar-refractivity contribution < 1.29 is 14.3 Å². The van der Waals surface area contributed by atoms with Crippen molar-refractivity contribution >= 4 is 11.6 Å². The van der Waals surface area contributed by atoms with Crippen LogP contribution in [0.2, 0.25) is 0 Å². The fourth-order valence-electron chi connectivity index (χ4n) is 1.96. The van der Waals surface area contributed by atoms with Crippen molar-refractivity contribution in [1.82, 2.24) is 5.32 Å². The standard InChI is InChI=1S/C16H25FN2O2/c1-4-16(21,5-2)11-18-12(3)10-15(20)19-14-8-6-13(17)7-9-14/h6-9,12,18,21H,4-5,10-11H2,1-3H3,(H,19,20). The van der Waals surface area contributed by atoms with E-state index in [2.05, 4.69) is 10.6 Å². The lowest BCUT2D eigenvalue weighted by Gasteiger charge is -2.27. The third-order valence-electron chi connectivity index (χ3n) is 3.72. The molecule has 0 radical (unpaired) electrons. The molecule has 3 N–H and O–H groups in total. The maximum Gasteiger partial charge on any atom is 0.225 e. The molecule has 1 atom stereocenters. The van der Waals surface area contributed by atoms with Gasteiger partial charge in [0.05, 0.1) is 5.60 Å². The highest BCUT2D eigenvalue weighted by Crippen LogP contribution is 2.14. The van der Waals surface area contributed by atoms with E-state index in [-0.39, 0.29) is 17.8 Å². The molecular weight excluding hydrogens is 271 g/mol. The lowest BCUT2D eigenvalue weighted by Crippen LogP contribution is -2.43. The van der Waals surface area contributed by atoms with Gasteiger partial charge >= 0.3 is 0 Å². The summed E-state index contributed by atoms with van der Waals surface area (Å²) < 4.78 is 12.8. The molecule has 0 aliphatic rings. The first-order valence-electron chi connectivity index (χ1n) is 7.39. The fourth-order valence-corrected chi connectivity index (χ4v) is 1.96. The predicted octanol–water partition coefficient (Wildman–Crippen LogP) is 2.68. The van der Waals surface area contributed by atoms with Crippen LogP contribution in [0.1, 0.15) is 40.0 Å². The number of carbonyl (C=O) groups excluding carboxylic acids is 1. The molecule has 0 bridgehead atoms. The van der Waals surface area contributed by atoms with E-state index in [1.807, 2.05) is 20.8 Å². The molecule has 1 amide bonds. The second-order valence-electron chi connectivity index (χ2n) is 5.47.